The summed E-state index contributed by atoms with van der Waals surface area (Å²) in [7, 11) is 0. The van der Waals surface area contributed by atoms with Crippen LogP contribution >= 0.6 is 0 Å². The molecule has 3 N–H and O–H groups in total. The number of nitrogens with one attached hydrogen (secondary N) is 2. The molecule has 1 aliphatic rings. The quantitative estimate of drug-likeness (QED) is 0.771. The lowest BCUT2D eigenvalue weighted by atomic mass is 9.84. The van der Waals surface area contributed by atoms with Crippen molar-refractivity contribution >= 4 is 5.91 Å². The van der Waals surface area contributed by atoms with Crippen LogP contribution in [0.5, 0.6) is 5.75 Å². The number of hydrogen-bond donors (Lipinski definition) is 3. The highest BCUT2D eigenvalue weighted by atomic mass is 16.5. The van der Waals surface area contributed by atoms with Crippen LogP contribution in [-0.2, 0) is 0 Å². The number of rotatable bonds is 5. The molecule has 1 aliphatic carbocycles. The van der Waals surface area contributed by atoms with Crippen LogP contribution in [-0.4, -0.2) is 34.8 Å². The van der Waals surface area contributed by atoms with E-state index in [0.29, 0.717) is 12.1 Å². The molecular weight excluding hydrogens is 320 g/mol. The number of para-hydroxylation sites is 1. The Morgan fingerprint density at radius 3 is 2.72 bits per heavy atom. The van der Waals surface area contributed by atoms with Gasteiger partial charge in [-0.2, -0.15) is 0 Å². The minimum Gasteiger partial charge on any atom is -0.488 e. The van der Waals surface area contributed by atoms with Crippen molar-refractivity contribution in [3.63, 3.8) is 0 Å². The fraction of sp³-hybridized carbons (Fsp3) is 0.368. The molecule has 2 aromatic rings. The van der Waals surface area contributed by atoms with Gasteiger partial charge in [0, 0.05) is 24.7 Å². The second-order valence-electron chi connectivity index (χ2n) is 6.30. The molecule has 1 saturated carbocycles. The van der Waals surface area contributed by atoms with Crippen molar-refractivity contribution in [3.8, 4) is 5.75 Å². The molecule has 3 atom stereocenters. The first-order chi connectivity index (χ1) is 12.1. The summed E-state index contributed by atoms with van der Waals surface area (Å²) in [6, 6.07) is 12.2. The monoisotopic (exact) mass is 342 g/mol. The van der Waals surface area contributed by atoms with Gasteiger partial charge in [-0.15, -0.1) is 0 Å². The summed E-state index contributed by atoms with van der Waals surface area (Å²) in [6.45, 7) is 0.369. The topological polar surface area (TPSA) is 91.4 Å². The Balaban J connectivity index is 1.56. The van der Waals surface area contributed by atoms with Crippen molar-refractivity contribution in [2.75, 3.05) is 6.54 Å². The summed E-state index contributed by atoms with van der Waals surface area (Å²) in [5.41, 5.74) is 0.141. The van der Waals surface area contributed by atoms with E-state index in [-0.39, 0.29) is 23.5 Å². The van der Waals surface area contributed by atoms with Crippen LogP contribution < -0.4 is 15.6 Å². The third-order valence-corrected chi connectivity index (χ3v) is 4.53. The molecule has 1 aromatic heterocycles. The van der Waals surface area contributed by atoms with E-state index in [1.165, 1.54) is 18.3 Å². The Bertz CT molecular complexity index is 739. The minimum atomic E-state index is -0.634. The second kappa shape index (κ2) is 7.98. The van der Waals surface area contributed by atoms with E-state index in [1.54, 1.807) is 0 Å². The van der Waals surface area contributed by atoms with Gasteiger partial charge in [-0.05, 0) is 37.5 Å². The van der Waals surface area contributed by atoms with Gasteiger partial charge in [-0.25, -0.2) is 0 Å². The van der Waals surface area contributed by atoms with E-state index in [0.717, 1.165) is 25.0 Å². The van der Waals surface area contributed by atoms with Crippen LogP contribution in [0.4, 0.5) is 0 Å². The molecule has 1 fully saturated rings. The molecule has 0 unspecified atom stereocenters. The van der Waals surface area contributed by atoms with Gasteiger partial charge in [0.1, 0.15) is 11.9 Å². The van der Waals surface area contributed by atoms with Crippen molar-refractivity contribution in [2.24, 2.45) is 5.92 Å². The number of aromatic nitrogens is 1. The van der Waals surface area contributed by atoms with Gasteiger partial charge >= 0.3 is 0 Å². The summed E-state index contributed by atoms with van der Waals surface area (Å²) in [5, 5.41) is 13.4. The second-order valence-corrected chi connectivity index (χ2v) is 6.30. The number of aliphatic hydroxyl groups excluding tert-OH is 1. The minimum absolute atomic E-state index is 0.0610. The van der Waals surface area contributed by atoms with Gasteiger partial charge < -0.3 is 20.1 Å². The number of amides is 1. The zero-order valence-corrected chi connectivity index (χ0v) is 13.9. The molecule has 6 nitrogen and oxygen atoms in total. The van der Waals surface area contributed by atoms with E-state index in [9.17, 15) is 14.7 Å². The fourth-order valence-electron chi connectivity index (χ4n) is 3.13. The van der Waals surface area contributed by atoms with Crippen molar-refractivity contribution in [1.29, 1.82) is 0 Å². The van der Waals surface area contributed by atoms with Gasteiger partial charge in [0.15, 0.2) is 0 Å². The molecule has 6 heteroatoms. The summed E-state index contributed by atoms with van der Waals surface area (Å²) >= 11 is 0. The number of H-pyrrole nitrogens is 1. The average Bonchev–Trinajstić information content (AvgIpc) is 2.63. The average molecular weight is 342 g/mol. The maximum absolute atomic E-state index is 12.1. The van der Waals surface area contributed by atoms with Crippen LogP contribution in [0.25, 0.3) is 0 Å². The Kier molecular flexibility index (Phi) is 5.50. The third-order valence-electron chi connectivity index (χ3n) is 4.53. The Labute approximate surface area is 145 Å². The van der Waals surface area contributed by atoms with Gasteiger partial charge in [0.25, 0.3) is 5.91 Å². The SMILES string of the molecule is O=C(NC[C@H]1CCC[C@@H](Oc2ccccc2)[C@@H]1O)c1ccc(=O)[nH]c1. The number of carbonyl (C=O) groups excluding carboxylic acids is 1. The normalized spacial score (nSPS) is 23.0. The standard InChI is InChI=1S/C19H22N2O4/c22-17-10-9-14(12-20-17)19(24)21-11-13-5-4-8-16(18(13)23)25-15-6-2-1-3-7-15/h1-3,6-7,9-10,12-13,16,18,23H,4-5,8,11H2,(H,20,22)(H,21,24)/t13-,16-,18-/m1/s1. The first-order valence-electron chi connectivity index (χ1n) is 8.50. The van der Waals surface area contributed by atoms with Crippen molar-refractivity contribution in [2.45, 2.75) is 31.5 Å². The zero-order chi connectivity index (χ0) is 17.6. The summed E-state index contributed by atoms with van der Waals surface area (Å²) in [6.07, 6.45) is 3.04. The first kappa shape index (κ1) is 17.2. The van der Waals surface area contributed by atoms with Crippen LogP contribution in [0.2, 0.25) is 0 Å². The van der Waals surface area contributed by atoms with Crippen molar-refractivity contribution in [1.82, 2.24) is 10.3 Å². The Hall–Kier alpha value is -2.60. The fourth-order valence-corrected chi connectivity index (χ4v) is 3.13. The molecule has 0 saturated heterocycles. The molecule has 0 radical (unpaired) electrons. The van der Waals surface area contributed by atoms with Gasteiger partial charge in [-0.3, -0.25) is 9.59 Å². The molecular formula is C19H22N2O4. The molecule has 0 bridgehead atoms. The van der Waals surface area contributed by atoms with Crippen molar-refractivity contribution < 1.29 is 14.6 Å². The number of benzene rings is 1. The van der Waals surface area contributed by atoms with Crippen LogP contribution in [0.15, 0.2) is 53.5 Å². The third kappa shape index (κ3) is 4.48. The van der Waals surface area contributed by atoms with Crippen LogP contribution in [0.1, 0.15) is 29.6 Å². The van der Waals surface area contributed by atoms with E-state index < -0.39 is 6.10 Å². The highest BCUT2D eigenvalue weighted by Crippen LogP contribution is 2.28. The maximum Gasteiger partial charge on any atom is 0.252 e. The van der Waals surface area contributed by atoms with E-state index in [2.05, 4.69) is 10.3 Å². The van der Waals surface area contributed by atoms with Gasteiger partial charge in [0.05, 0.1) is 11.7 Å². The summed E-state index contributed by atoms with van der Waals surface area (Å²) in [5.74, 6) is 0.410. The lowest BCUT2D eigenvalue weighted by molar-refractivity contribution is -0.0301. The molecule has 25 heavy (non-hydrogen) atoms. The smallest absolute Gasteiger partial charge is 0.252 e. The molecule has 0 aliphatic heterocycles. The largest absolute Gasteiger partial charge is 0.488 e. The molecule has 132 valence electrons. The van der Waals surface area contributed by atoms with Crippen LogP contribution in [0.3, 0.4) is 0 Å². The lowest BCUT2D eigenvalue weighted by Crippen LogP contribution is -2.45. The number of aromatic amines is 1. The maximum atomic E-state index is 12.1. The number of hydrogen-bond acceptors (Lipinski definition) is 4. The number of ether oxygens (including phenoxy) is 1. The number of aliphatic hydroxyl groups is 1. The Morgan fingerprint density at radius 1 is 1.20 bits per heavy atom. The van der Waals surface area contributed by atoms with E-state index in [1.807, 2.05) is 30.3 Å². The van der Waals surface area contributed by atoms with E-state index in [4.69, 9.17) is 4.74 Å². The molecule has 1 aromatic carbocycles. The Morgan fingerprint density at radius 2 is 2.00 bits per heavy atom. The molecule has 1 amide bonds. The van der Waals surface area contributed by atoms with Crippen molar-refractivity contribution in [3.05, 3.63) is 64.6 Å². The summed E-state index contributed by atoms with van der Waals surface area (Å²) < 4.78 is 5.90. The van der Waals surface area contributed by atoms with Gasteiger partial charge in [-0.1, -0.05) is 18.2 Å². The lowest BCUT2D eigenvalue weighted by Gasteiger charge is -2.35. The van der Waals surface area contributed by atoms with Gasteiger partial charge in [0.2, 0.25) is 5.56 Å². The predicted octanol–water partition coefficient (Wildman–Crippen LogP) is 1.71. The molecule has 1 heterocycles. The first-order valence-corrected chi connectivity index (χ1v) is 8.50. The summed E-state index contributed by atoms with van der Waals surface area (Å²) in [4.78, 5) is 25.7. The number of pyridine rings is 1. The predicted molar refractivity (Wildman–Crippen MR) is 93.6 cm³/mol. The highest BCUT2D eigenvalue weighted by molar-refractivity contribution is 5.93. The van der Waals surface area contributed by atoms with E-state index >= 15 is 0 Å². The molecule has 3 rings (SSSR count). The zero-order valence-electron chi connectivity index (χ0n) is 13.9. The highest BCUT2D eigenvalue weighted by Gasteiger charge is 2.33. The van der Waals surface area contributed by atoms with Crippen LogP contribution in [0, 0.1) is 5.92 Å². The molecule has 0 spiro atoms. The number of carbonyl (C=O) groups is 1.